The second-order valence-corrected chi connectivity index (χ2v) is 7.27. The molecule has 0 unspecified atom stereocenters. The predicted molar refractivity (Wildman–Crippen MR) is 89.5 cm³/mol. The van der Waals surface area contributed by atoms with Gasteiger partial charge >= 0.3 is 0 Å². The Hall–Kier alpha value is -1.66. The number of rotatable bonds is 3. The van der Waals surface area contributed by atoms with Crippen LogP contribution in [0, 0.1) is 0 Å². The molecule has 1 amide bonds. The fourth-order valence-electron chi connectivity index (χ4n) is 3.90. The van der Waals surface area contributed by atoms with Crippen LogP contribution in [0.3, 0.4) is 0 Å². The van der Waals surface area contributed by atoms with E-state index in [-0.39, 0.29) is 5.91 Å². The molecule has 0 aliphatic carbocycles. The van der Waals surface area contributed by atoms with Crippen molar-refractivity contribution in [3.05, 3.63) is 29.5 Å². The van der Waals surface area contributed by atoms with E-state index in [4.69, 9.17) is 4.42 Å². The van der Waals surface area contributed by atoms with E-state index >= 15 is 0 Å². The summed E-state index contributed by atoms with van der Waals surface area (Å²) in [6.07, 6.45) is 6.26. The van der Waals surface area contributed by atoms with Crippen molar-refractivity contribution in [2.45, 2.75) is 37.8 Å². The number of likely N-dealkylation sites (tertiary alicyclic amines) is 2. The standard InChI is InChI=1S/C17H21N3O2S/c1-19-8-2-5-13(19)14-6-3-9-20(14)17(21)12-11-23-16(18-12)15-7-4-10-22-15/h4,7,10-11,13-14H,2-3,5-6,8-9H2,1H3/t13-,14-/m1/s1. The van der Waals surface area contributed by atoms with Gasteiger partial charge in [-0.15, -0.1) is 11.3 Å². The second-order valence-electron chi connectivity index (χ2n) is 6.41. The molecule has 2 fully saturated rings. The number of carbonyl (C=O) groups excluding carboxylic acids is 1. The summed E-state index contributed by atoms with van der Waals surface area (Å²) in [7, 11) is 2.18. The van der Waals surface area contributed by atoms with E-state index in [9.17, 15) is 4.79 Å². The minimum atomic E-state index is 0.0712. The zero-order valence-electron chi connectivity index (χ0n) is 13.3. The van der Waals surface area contributed by atoms with Gasteiger partial charge < -0.3 is 14.2 Å². The first-order valence-corrected chi connectivity index (χ1v) is 9.12. The molecule has 0 N–H and O–H groups in total. The average molecular weight is 331 g/mol. The summed E-state index contributed by atoms with van der Waals surface area (Å²) in [6.45, 7) is 1.99. The Balaban J connectivity index is 1.54. The summed E-state index contributed by atoms with van der Waals surface area (Å²) in [5, 5.41) is 2.63. The molecule has 2 aromatic heterocycles. The number of carbonyl (C=O) groups is 1. The minimum absolute atomic E-state index is 0.0712. The summed E-state index contributed by atoms with van der Waals surface area (Å²) < 4.78 is 5.37. The van der Waals surface area contributed by atoms with Crippen LogP contribution in [-0.2, 0) is 0 Å². The first-order chi connectivity index (χ1) is 11.2. The molecule has 2 aromatic rings. The first kappa shape index (κ1) is 14.9. The number of hydrogen-bond donors (Lipinski definition) is 0. The highest BCUT2D eigenvalue weighted by atomic mass is 32.1. The SMILES string of the molecule is CN1CCC[C@@H]1[C@H]1CCCN1C(=O)c1csc(-c2ccco2)n1. The van der Waals surface area contributed by atoms with Crippen LogP contribution >= 0.6 is 11.3 Å². The molecule has 122 valence electrons. The van der Waals surface area contributed by atoms with Gasteiger partial charge in [-0.2, -0.15) is 0 Å². The maximum Gasteiger partial charge on any atom is 0.273 e. The van der Waals surface area contributed by atoms with E-state index in [2.05, 4.69) is 16.9 Å². The third-order valence-corrected chi connectivity index (χ3v) is 5.89. The summed E-state index contributed by atoms with van der Waals surface area (Å²) >= 11 is 1.47. The van der Waals surface area contributed by atoms with Crippen LogP contribution in [0.15, 0.2) is 28.2 Å². The van der Waals surface area contributed by atoms with Crippen LogP contribution in [0.2, 0.25) is 0 Å². The van der Waals surface area contributed by atoms with Gasteiger partial charge in [0.25, 0.3) is 5.91 Å². The molecule has 6 heteroatoms. The third-order valence-electron chi connectivity index (χ3n) is 5.04. The topological polar surface area (TPSA) is 49.6 Å². The van der Waals surface area contributed by atoms with Crippen molar-refractivity contribution in [1.82, 2.24) is 14.8 Å². The molecule has 0 aromatic carbocycles. The maximum absolute atomic E-state index is 12.9. The maximum atomic E-state index is 12.9. The average Bonchev–Trinajstić information content (AvgIpc) is 3.31. The third kappa shape index (κ3) is 2.70. The van der Waals surface area contributed by atoms with Crippen molar-refractivity contribution in [1.29, 1.82) is 0 Å². The lowest BCUT2D eigenvalue weighted by molar-refractivity contribution is 0.0659. The molecule has 2 aliphatic heterocycles. The fraction of sp³-hybridized carbons (Fsp3) is 0.529. The zero-order chi connectivity index (χ0) is 15.8. The van der Waals surface area contributed by atoms with E-state index in [0.29, 0.717) is 17.8 Å². The molecule has 0 radical (unpaired) electrons. The first-order valence-electron chi connectivity index (χ1n) is 8.24. The van der Waals surface area contributed by atoms with Crippen LogP contribution < -0.4 is 0 Å². The van der Waals surface area contributed by atoms with Gasteiger partial charge in [0.2, 0.25) is 0 Å². The molecule has 2 saturated heterocycles. The van der Waals surface area contributed by atoms with Crippen molar-refractivity contribution in [3.8, 4) is 10.8 Å². The van der Waals surface area contributed by atoms with Crippen LogP contribution in [0.4, 0.5) is 0 Å². The predicted octanol–water partition coefficient (Wildman–Crippen LogP) is 3.10. The van der Waals surface area contributed by atoms with Crippen molar-refractivity contribution in [2.24, 2.45) is 0 Å². The quantitative estimate of drug-likeness (QED) is 0.867. The summed E-state index contributed by atoms with van der Waals surface area (Å²) in [6, 6.07) is 4.55. The number of amides is 1. The lowest BCUT2D eigenvalue weighted by atomic mass is 10.0. The Morgan fingerprint density at radius 3 is 2.87 bits per heavy atom. The van der Waals surface area contributed by atoms with Crippen molar-refractivity contribution in [2.75, 3.05) is 20.1 Å². The van der Waals surface area contributed by atoms with Crippen molar-refractivity contribution in [3.63, 3.8) is 0 Å². The van der Waals surface area contributed by atoms with Crippen LogP contribution in [0.1, 0.15) is 36.2 Å². The number of thiazole rings is 1. The monoisotopic (exact) mass is 331 g/mol. The van der Waals surface area contributed by atoms with Gasteiger partial charge in [0.05, 0.1) is 6.26 Å². The van der Waals surface area contributed by atoms with E-state index in [1.165, 1.54) is 24.2 Å². The van der Waals surface area contributed by atoms with Gasteiger partial charge in [-0.25, -0.2) is 4.98 Å². The Morgan fingerprint density at radius 1 is 1.30 bits per heavy atom. The van der Waals surface area contributed by atoms with Crippen molar-refractivity contribution >= 4 is 17.2 Å². The van der Waals surface area contributed by atoms with Crippen LogP contribution in [0.25, 0.3) is 10.8 Å². The molecule has 0 spiro atoms. The zero-order valence-corrected chi connectivity index (χ0v) is 14.1. The molecule has 0 saturated carbocycles. The van der Waals surface area contributed by atoms with Crippen LogP contribution in [0.5, 0.6) is 0 Å². The second kappa shape index (κ2) is 6.09. The lowest BCUT2D eigenvalue weighted by Crippen LogP contribution is -2.47. The summed E-state index contributed by atoms with van der Waals surface area (Å²) in [5.74, 6) is 0.796. The molecule has 4 rings (SSSR count). The highest BCUT2D eigenvalue weighted by molar-refractivity contribution is 7.13. The number of nitrogens with zero attached hydrogens (tertiary/aromatic N) is 3. The molecule has 5 nitrogen and oxygen atoms in total. The number of likely N-dealkylation sites (N-methyl/N-ethyl adjacent to an activating group) is 1. The lowest BCUT2D eigenvalue weighted by Gasteiger charge is -2.32. The summed E-state index contributed by atoms with van der Waals surface area (Å²) in [4.78, 5) is 21.9. The Kier molecular flexibility index (Phi) is 3.95. The normalized spacial score (nSPS) is 25.3. The minimum Gasteiger partial charge on any atom is -0.462 e. The molecule has 0 bridgehead atoms. The Morgan fingerprint density at radius 2 is 2.13 bits per heavy atom. The van der Waals surface area contributed by atoms with Gasteiger partial charge in [-0.3, -0.25) is 4.79 Å². The molecule has 23 heavy (non-hydrogen) atoms. The van der Waals surface area contributed by atoms with Gasteiger partial charge in [-0.05, 0) is 51.4 Å². The van der Waals surface area contributed by atoms with E-state index < -0.39 is 0 Å². The van der Waals surface area contributed by atoms with Crippen LogP contribution in [-0.4, -0.2) is 52.9 Å². The largest absolute Gasteiger partial charge is 0.462 e. The molecule has 2 aliphatic rings. The Labute approximate surface area is 139 Å². The fourth-order valence-corrected chi connectivity index (χ4v) is 4.66. The van der Waals surface area contributed by atoms with E-state index in [1.807, 2.05) is 22.4 Å². The molecule has 4 heterocycles. The highest BCUT2D eigenvalue weighted by Gasteiger charge is 2.39. The smallest absolute Gasteiger partial charge is 0.273 e. The van der Waals surface area contributed by atoms with Gasteiger partial charge in [0.1, 0.15) is 5.69 Å². The molecular weight excluding hydrogens is 310 g/mol. The number of aromatic nitrogens is 1. The Bertz CT molecular complexity index is 682. The highest BCUT2D eigenvalue weighted by Crippen LogP contribution is 2.31. The van der Waals surface area contributed by atoms with Crippen molar-refractivity contribution < 1.29 is 9.21 Å². The van der Waals surface area contributed by atoms with Gasteiger partial charge in [-0.1, -0.05) is 0 Å². The number of hydrogen-bond acceptors (Lipinski definition) is 5. The summed E-state index contributed by atoms with van der Waals surface area (Å²) in [5.41, 5.74) is 0.550. The molecular formula is C17H21N3O2S. The van der Waals surface area contributed by atoms with Gasteiger partial charge in [0, 0.05) is 24.0 Å². The van der Waals surface area contributed by atoms with Gasteiger partial charge in [0.15, 0.2) is 10.8 Å². The van der Waals surface area contributed by atoms with E-state index in [0.717, 1.165) is 36.7 Å². The number of furan rings is 1. The molecule has 2 atom stereocenters. The van der Waals surface area contributed by atoms with E-state index in [1.54, 1.807) is 6.26 Å².